The van der Waals surface area contributed by atoms with Crippen molar-refractivity contribution in [3.05, 3.63) is 166 Å². The Kier molecular flexibility index (Phi) is 8.83. The number of carbonyl (C=O) groups is 1. The topological polar surface area (TPSA) is 26.9 Å². The molecule has 0 spiro atoms. The SMILES string of the molecule is CCn1c2ccc(Cc3ccccc3C)cc2c2cc(C(C)C(=O)C(C)c3ccc4c(c3)c3cc(Cc5ccccc5C)ccc3n4CC)ccc21. The molecule has 0 saturated heterocycles. The smallest absolute Gasteiger partial charge is 0.147 e. The van der Waals surface area contributed by atoms with Gasteiger partial charge in [0.1, 0.15) is 5.78 Å². The van der Waals surface area contributed by atoms with Crippen molar-refractivity contribution in [1.82, 2.24) is 9.13 Å². The van der Waals surface area contributed by atoms with Gasteiger partial charge >= 0.3 is 0 Å². The van der Waals surface area contributed by atoms with Crippen LogP contribution in [-0.4, -0.2) is 14.9 Å². The maximum absolute atomic E-state index is 14.3. The molecule has 260 valence electrons. The van der Waals surface area contributed by atoms with Crippen LogP contribution < -0.4 is 0 Å². The molecule has 52 heavy (non-hydrogen) atoms. The van der Waals surface area contributed by atoms with Crippen LogP contribution in [0.25, 0.3) is 43.6 Å². The second kappa shape index (κ2) is 13.6. The molecular weight excluding hydrogens is 633 g/mol. The van der Waals surface area contributed by atoms with E-state index in [1.165, 1.54) is 77.0 Å². The summed E-state index contributed by atoms with van der Waals surface area (Å²) in [5, 5.41) is 4.97. The van der Waals surface area contributed by atoms with E-state index in [1.54, 1.807) is 0 Å². The summed E-state index contributed by atoms with van der Waals surface area (Å²) in [5.41, 5.74) is 15.1. The molecule has 0 aliphatic rings. The molecule has 8 aromatic rings. The van der Waals surface area contributed by atoms with Crippen molar-refractivity contribution in [2.45, 2.75) is 79.3 Å². The zero-order valence-corrected chi connectivity index (χ0v) is 31.3. The normalized spacial score (nSPS) is 13.0. The Labute approximate surface area is 307 Å². The monoisotopic (exact) mass is 680 g/mol. The summed E-state index contributed by atoms with van der Waals surface area (Å²) in [4.78, 5) is 14.3. The number of fused-ring (bicyclic) bond motifs is 6. The summed E-state index contributed by atoms with van der Waals surface area (Å²) >= 11 is 0. The van der Waals surface area contributed by atoms with Crippen LogP contribution in [0.2, 0.25) is 0 Å². The molecule has 8 rings (SSSR count). The first-order chi connectivity index (χ1) is 25.2. The quantitative estimate of drug-likeness (QED) is 0.141. The van der Waals surface area contributed by atoms with Crippen molar-refractivity contribution in [3.63, 3.8) is 0 Å². The van der Waals surface area contributed by atoms with Crippen molar-refractivity contribution in [2.24, 2.45) is 0 Å². The van der Waals surface area contributed by atoms with Gasteiger partial charge in [0, 0.05) is 68.5 Å². The minimum atomic E-state index is -0.233. The molecule has 0 amide bonds. The third kappa shape index (κ3) is 5.83. The number of ketones is 1. The highest BCUT2D eigenvalue weighted by Gasteiger charge is 2.25. The van der Waals surface area contributed by atoms with Crippen LogP contribution in [-0.2, 0) is 30.7 Å². The van der Waals surface area contributed by atoms with E-state index in [4.69, 9.17) is 0 Å². The van der Waals surface area contributed by atoms with Gasteiger partial charge in [0.2, 0.25) is 0 Å². The average Bonchev–Trinajstić information content (AvgIpc) is 3.66. The third-order valence-electron chi connectivity index (χ3n) is 11.7. The molecule has 0 aliphatic carbocycles. The molecule has 0 bridgehead atoms. The van der Waals surface area contributed by atoms with Crippen molar-refractivity contribution in [1.29, 1.82) is 0 Å². The lowest BCUT2D eigenvalue weighted by Gasteiger charge is -2.18. The van der Waals surface area contributed by atoms with Gasteiger partial charge in [-0.15, -0.1) is 0 Å². The van der Waals surface area contributed by atoms with E-state index >= 15 is 0 Å². The van der Waals surface area contributed by atoms with E-state index in [0.29, 0.717) is 0 Å². The fourth-order valence-electron chi connectivity index (χ4n) is 8.54. The minimum Gasteiger partial charge on any atom is -0.341 e. The average molecular weight is 681 g/mol. The van der Waals surface area contributed by atoms with Gasteiger partial charge in [0.05, 0.1) is 0 Å². The van der Waals surface area contributed by atoms with E-state index in [0.717, 1.165) is 37.1 Å². The van der Waals surface area contributed by atoms with Crippen molar-refractivity contribution in [3.8, 4) is 0 Å². The molecule has 0 radical (unpaired) electrons. The largest absolute Gasteiger partial charge is 0.341 e. The van der Waals surface area contributed by atoms with Crippen LogP contribution in [0.4, 0.5) is 0 Å². The van der Waals surface area contributed by atoms with E-state index in [-0.39, 0.29) is 17.6 Å². The Morgan fingerprint density at radius 3 is 1.25 bits per heavy atom. The van der Waals surface area contributed by atoms with Crippen molar-refractivity contribution >= 4 is 49.4 Å². The lowest BCUT2D eigenvalue weighted by atomic mass is 9.85. The Morgan fingerprint density at radius 1 is 0.500 bits per heavy atom. The number of benzene rings is 6. The molecule has 3 nitrogen and oxygen atoms in total. The van der Waals surface area contributed by atoms with Gasteiger partial charge in [-0.1, -0.05) is 86.6 Å². The molecule has 2 heterocycles. The summed E-state index contributed by atoms with van der Waals surface area (Å²) < 4.78 is 4.80. The number of carbonyl (C=O) groups excluding carboxylic acids is 1. The van der Waals surface area contributed by atoms with Gasteiger partial charge in [0.15, 0.2) is 0 Å². The first kappa shape index (κ1) is 33.7. The van der Waals surface area contributed by atoms with Crippen LogP contribution in [0, 0.1) is 13.8 Å². The number of aromatic nitrogens is 2. The minimum absolute atomic E-state index is 0.233. The Balaban J connectivity index is 1.12. The summed E-state index contributed by atoms with van der Waals surface area (Å²) in [6.07, 6.45) is 1.81. The van der Waals surface area contributed by atoms with E-state index in [1.807, 2.05) is 0 Å². The molecule has 0 aliphatic heterocycles. The first-order valence-electron chi connectivity index (χ1n) is 19.0. The summed E-state index contributed by atoms with van der Waals surface area (Å²) in [5.74, 6) is -0.219. The second-order valence-electron chi connectivity index (χ2n) is 14.8. The maximum Gasteiger partial charge on any atom is 0.147 e. The molecule has 3 heteroatoms. The van der Waals surface area contributed by atoms with Crippen LogP contribution in [0.15, 0.2) is 121 Å². The lowest BCUT2D eigenvalue weighted by molar-refractivity contribution is -0.121. The Morgan fingerprint density at radius 2 is 0.865 bits per heavy atom. The second-order valence-corrected chi connectivity index (χ2v) is 14.8. The van der Waals surface area contributed by atoms with Gasteiger partial charge in [-0.05, 0) is 134 Å². The van der Waals surface area contributed by atoms with E-state index in [9.17, 15) is 4.79 Å². The molecule has 0 N–H and O–H groups in total. The maximum atomic E-state index is 14.3. The van der Waals surface area contributed by atoms with E-state index < -0.39 is 0 Å². The number of hydrogen-bond acceptors (Lipinski definition) is 1. The summed E-state index contributed by atoms with van der Waals surface area (Å²) in [6.45, 7) is 14.8. The number of Topliss-reactive ketones (excluding diaryl/α,β-unsaturated/α-hetero) is 1. The molecule has 2 unspecified atom stereocenters. The number of nitrogens with zero attached hydrogens (tertiary/aromatic N) is 2. The Hall–Kier alpha value is -5.41. The van der Waals surface area contributed by atoms with Gasteiger partial charge in [0.25, 0.3) is 0 Å². The van der Waals surface area contributed by atoms with Crippen LogP contribution >= 0.6 is 0 Å². The first-order valence-corrected chi connectivity index (χ1v) is 19.0. The highest BCUT2D eigenvalue weighted by atomic mass is 16.1. The number of hydrogen-bond donors (Lipinski definition) is 0. The van der Waals surface area contributed by atoms with Crippen LogP contribution in [0.3, 0.4) is 0 Å². The third-order valence-corrected chi connectivity index (χ3v) is 11.7. The molecule has 2 atom stereocenters. The highest BCUT2D eigenvalue weighted by molar-refractivity contribution is 6.10. The molecule has 2 aromatic heterocycles. The highest BCUT2D eigenvalue weighted by Crippen LogP contribution is 2.37. The molecule has 0 saturated carbocycles. The van der Waals surface area contributed by atoms with Crippen LogP contribution in [0.5, 0.6) is 0 Å². The van der Waals surface area contributed by atoms with E-state index in [2.05, 4.69) is 172 Å². The fraction of sp³-hybridized carbons (Fsp3) is 0.245. The van der Waals surface area contributed by atoms with Gasteiger partial charge < -0.3 is 9.13 Å². The molecule has 0 fully saturated rings. The zero-order chi connectivity index (χ0) is 36.1. The number of aryl methyl sites for hydroxylation is 4. The standard InChI is InChI=1S/C49H48N2O/c1-7-50-45-21-17-35(25-37-15-11-9-13-31(37)3)27-41(45)43-29-39(19-23-47(43)50)33(5)49(52)34(6)40-20-24-48-44(30-40)42-28-36(18-22-46(42)51(48)8-2)26-38-16-12-10-14-32(38)4/h9-24,27-30,33-34H,7-8,25-26H2,1-6H3. The molecular formula is C49H48N2O. The fourth-order valence-corrected chi connectivity index (χ4v) is 8.54. The lowest BCUT2D eigenvalue weighted by Crippen LogP contribution is -2.16. The zero-order valence-electron chi connectivity index (χ0n) is 31.3. The van der Waals surface area contributed by atoms with Crippen LogP contribution in [0.1, 0.15) is 84.0 Å². The predicted molar refractivity (Wildman–Crippen MR) is 220 cm³/mol. The van der Waals surface area contributed by atoms with Gasteiger partial charge in [-0.25, -0.2) is 0 Å². The number of rotatable bonds is 10. The predicted octanol–water partition coefficient (Wildman–Crippen LogP) is 12.2. The Bertz CT molecular complexity index is 2450. The van der Waals surface area contributed by atoms with Gasteiger partial charge in [-0.3, -0.25) is 4.79 Å². The van der Waals surface area contributed by atoms with Gasteiger partial charge in [-0.2, -0.15) is 0 Å². The summed E-state index contributed by atoms with van der Waals surface area (Å²) in [7, 11) is 0. The summed E-state index contributed by atoms with van der Waals surface area (Å²) in [6, 6.07) is 44.5. The molecule has 6 aromatic carbocycles. The van der Waals surface area contributed by atoms with Crippen molar-refractivity contribution in [2.75, 3.05) is 0 Å². The van der Waals surface area contributed by atoms with Crippen molar-refractivity contribution < 1.29 is 4.79 Å².